The van der Waals surface area contributed by atoms with E-state index in [-0.39, 0.29) is 5.78 Å². The first kappa shape index (κ1) is 14.4. The predicted octanol–water partition coefficient (Wildman–Crippen LogP) is 3.14. The monoisotopic (exact) mass is 248 g/mol. The van der Waals surface area contributed by atoms with Gasteiger partial charge in [-0.3, -0.25) is 9.59 Å². The van der Waals surface area contributed by atoms with Crippen LogP contribution >= 0.6 is 0 Å². The quantitative estimate of drug-likeness (QED) is 0.752. The Bertz CT molecular complexity index is 451. The van der Waals surface area contributed by atoms with E-state index in [4.69, 9.17) is 4.74 Å². The first-order valence-electron chi connectivity index (χ1n) is 6.20. The molecule has 1 rings (SSSR count). The normalized spacial score (nSPS) is 13.8. The van der Waals surface area contributed by atoms with Crippen LogP contribution in [0.5, 0.6) is 0 Å². The smallest absolute Gasteiger partial charge is 0.303 e. The third-order valence-corrected chi connectivity index (χ3v) is 3.02. The molecule has 1 aromatic rings. The van der Waals surface area contributed by atoms with Crippen LogP contribution in [0.15, 0.2) is 24.3 Å². The van der Waals surface area contributed by atoms with E-state index < -0.39 is 11.6 Å². The third kappa shape index (κ3) is 2.97. The molecule has 18 heavy (non-hydrogen) atoms. The minimum absolute atomic E-state index is 0.0606. The zero-order valence-corrected chi connectivity index (χ0v) is 11.4. The van der Waals surface area contributed by atoms with E-state index in [0.717, 1.165) is 17.5 Å². The Morgan fingerprint density at radius 1 is 1.28 bits per heavy atom. The summed E-state index contributed by atoms with van der Waals surface area (Å²) < 4.78 is 5.33. The molecule has 0 bridgehead atoms. The van der Waals surface area contributed by atoms with E-state index in [1.807, 2.05) is 38.1 Å². The summed E-state index contributed by atoms with van der Waals surface area (Å²) in [5.41, 5.74) is 0.539. The van der Waals surface area contributed by atoms with Gasteiger partial charge < -0.3 is 4.74 Å². The number of benzene rings is 1. The number of ketones is 1. The van der Waals surface area contributed by atoms with Gasteiger partial charge in [-0.25, -0.2) is 0 Å². The fourth-order valence-electron chi connectivity index (χ4n) is 2.12. The maximum Gasteiger partial charge on any atom is 0.303 e. The van der Waals surface area contributed by atoms with Gasteiger partial charge >= 0.3 is 5.97 Å². The first-order chi connectivity index (χ1) is 8.41. The zero-order chi connectivity index (χ0) is 13.8. The molecular formula is C15H20O3. The van der Waals surface area contributed by atoms with Crippen molar-refractivity contribution in [3.05, 3.63) is 35.4 Å². The van der Waals surface area contributed by atoms with Crippen LogP contribution in [0, 0.1) is 6.92 Å². The maximum absolute atomic E-state index is 12.3. The summed E-state index contributed by atoms with van der Waals surface area (Å²) in [4.78, 5) is 23.6. The van der Waals surface area contributed by atoms with Crippen LogP contribution < -0.4 is 0 Å². The van der Waals surface area contributed by atoms with Crippen molar-refractivity contribution in [3.8, 4) is 0 Å². The van der Waals surface area contributed by atoms with E-state index in [1.54, 1.807) is 6.92 Å². The number of aryl methyl sites for hydroxylation is 1. The molecule has 1 atom stereocenters. The highest BCUT2D eigenvalue weighted by Gasteiger charge is 2.38. The van der Waals surface area contributed by atoms with Crippen LogP contribution in [-0.2, 0) is 19.9 Å². The predicted molar refractivity (Wildman–Crippen MR) is 70.2 cm³/mol. The Morgan fingerprint density at radius 2 is 1.89 bits per heavy atom. The van der Waals surface area contributed by atoms with Crippen molar-refractivity contribution in [1.82, 2.24) is 0 Å². The van der Waals surface area contributed by atoms with E-state index in [0.29, 0.717) is 6.42 Å². The van der Waals surface area contributed by atoms with Gasteiger partial charge in [0.05, 0.1) is 0 Å². The first-order valence-corrected chi connectivity index (χ1v) is 6.20. The average molecular weight is 248 g/mol. The molecule has 1 aromatic carbocycles. The van der Waals surface area contributed by atoms with E-state index >= 15 is 0 Å². The molecule has 3 heteroatoms. The van der Waals surface area contributed by atoms with Gasteiger partial charge in [-0.2, -0.15) is 0 Å². The van der Waals surface area contributed by atoms with E-state index in [9.17, 15) is 9.59 Å². The molecule has 0 aromatic heterocycles. The Morgan fingerprint density at radius 3 is 2.39 bits per heavy atom. The molecule has 0 saturated heterocycles. The van der Waals surface area contributed by atoms with Crippen LogP contribution in [0.3, 0.4) is 0 Å². The second-order valence-corrected chi connectivity index (χ2v) is 4.61. The van der Waals surface area contributed by atoms with Crippen LogP contribution in [0.25, 0.3) is 0 Å². The Kier molecular flexibility index (Phi) is 4.65. The van der Waals surface area contributed by atoms with Crippen molar-refractivity contribution < 1.29 is 14.3 Å². The molecule has 0 spiro atoms. The third-order valence-electron chi connectivity index (χ3n) is 3.02. The fraction of sp³-hybridized carbons (Fsp3) is 0.467. The molecule has 0 aliphatic rings. The number of hydrogen-bond acceptors (Lipinski definition) is 3. The molecule has 0 heterocycles. The van der Waals surface area contributed by atoms with Crippen LogP contribution in [-0.4, -0.2) is 11.8 Å². The molecule has 0 amide bonds. The lowest BCUT2D eigenvalue weighted by molar-refractivity contribution is -0.165. The highest BCUT2D eigenvalue weighted by molar-refractivity contribution is 5.90. The maximum atomic E-state index is 12.3. The molecule has 0 N–H and O–H groups in total. The van der Waals surface area contributed by atoms with E-state index in [2.05, 4.69) is 0 Å². The van der Waals surface area contributed by atoms with Gasteiger partial charge in [0.2, 0.25) is 0 Å². The molecule has 0 radical (unpaired) electrons. The van der Waals surface area contributed by atoms with Gasteiger partial charge in [-0.15, -0.1) is 0 Å². The zero-order valence-electron chi connectivity index (χ0n) is 11.4. The number of carbonyl (C=O) groups excluding carboxylic acids is 2. The van der Waals surface area contributed by atoms with Crippen molar-refractivity contribution in [2.24, 2.45) is 0 Å². The van der Waals surface area contributed by atoms with Crippen molar-refractivity contribution in [2.45, 2.75) is 46.1 Å². The Balaban J connectivity index is 3.24. The molecule has 0 fully saturated rings. The highest BCUT2D eigenvalue weighted by Crippen LogP contribution is 2.30. The lowest BCUT2D eigenvalue weighted by atomic mass is 9.86. The number of esters is 1. The topological polar surface area (TPSA) is 43.4 Å². The summed E-state index contributed by atoms with van der Waals surface area (Å²) in [6, 6.07) is 7.50. The van der Waals surface area contributed by atoms with Crippen molar-refractivity contribution in [3.63, 3.8) is 0 Å². The number of carbonyl (C=O) groups is 2. The standard InChI is InChI=1S/C15H20O3/c1-5-8-14(17)15(4,18-12(3)16)13-10-7-6-9-11(13)2/h6-7,9-10H,5,8H2,1-4H3/t15-/m1/s1. The van der Waals surface area contributed by atoms with Gasteiger partial charge in [0.1, 0.15) is 0 Å². The molecule has 0 aliphatic carbocycles. The molecule has 0 saturated carbocycles. The van der Waals surface area contributed by atoms with Crippen molar-refractivity contribution >= 4 is 11.8 Å². The second-order valence-electron chi connectivity index (χ2n) is 4.61. The second kappa shape index (κ2) is 5.80. The average Bonchev–Trinajstić information content (AvgIpc) is 2.28. The molecule has 0 aliphatic heterocycles. The summed E-state index contributed by atoms with van der Waals surface area (Å²) in [5, 5.41) is 0. The van der Waals surface area contributed by atoms with Crippen LogP contribution in [0.1, 0.15) is 44.7 Å². The fourth-order valence-corrected chi connectivity index (χ4v) is 2.12. The Hall–Kier alpha value is -1.64. The number of hydrogen-bond donors (Lipinski definition) is 0. The van der Waals surface area contributed by atoms with Crippen molar-refractivity contribution in [2.75, 3.05) is 0 Å². The summed E-state index contributed by atoms with van der Waals surface area (Å²) in [6.07, 6.45) is 1.14. The van der Waals surface area contributed by atoms with Gasteiger partial charge in [0.25, 0.3) is 0 Å². The van der Waals surface area contributed by atoms with Crippen molar-refractivity contribution in [1.29, 1.82) is 0 Å². The van der Waals surface area contributed by atoms with Gasteiger partial charge in [-0.1, -0.05) is 31.2 Å². The minimum atomic E-state index is -1.17. The highest BCUT2D eigenvalue weighted by atomic mass is 16.6. The van der Waals surface area contributed by atoms with Gasteiger partial charge in [0.15, 0.2) is 11.4 Å². The summed E-state index contributed by atoms with van der Waals surface area (Å²) in [6.45, 7) is 6.85. The van der Waals surface area contributed by atoms with Gasteiger partial charge in [-0.05, 0) is 25.8 Å². The molecule has 98 valence electrons. The molecule has 3 nitrogen and oxygen atoms in total. The summed E-state index contributed by atoms with van der Waals surface area (Å²) >= 11 is 0. The minimum Gasteiger partial charge on any atom is -0.447 e. The van der Waals surface area contributed by atoms with Crippen LogP contribution in [0.4, 0.5) is 0 Å². The summed E-state index contributed by atoms with van der Waals surface area (Å²) in [7, 11) is 0. The summed E-state index contributed by atoms with van der Waals surface area (Å²) in [5.74, 6) is -0.500. The molecule has 0 unspecified atom stereocenters. The SMILES string of the molecule is CCCC(=O)[C@](C)(OC(C)=O)c1ccccc1C. The lowest BCUT2D eigenvalue weighted by Gasteiger charge is -2.29. The van der Waals surface area contributed by atoms with E-state index in [1.165, 1.54) is 6.92 Å². The van der Waals surface area contributed by atoms with Crippen LogP contribution in [0.2, 0.25) is 0 Å². The van der Waals surface area contributed by atoms with Gasteiger partial charge in [0, 0.05) is 18.9 Å². The largest absolute Gasteiger partial charge is 0.447 e. The number of ether oxygens (including phenoxy) is 1. The number of Topliss-reactive ketones (excluding diaryl/α,β-unsaturated/α-hetero) is 1. The Labute approximate surface area is 108 Å². The number of rotatable bonds is 5. The lowest BCUT2D eigenvalue weighted by Crippen LogP contribution is -2.37. The molecular weight excluding hydrogens is 228 g/mol.